The van der Waals surface area contributed by atoms with E-state index in [0.717, 1.165) is 17.4 Å². The Morgan fingerprint density at radius 1 is 1.29 bits per heavy atom. The largest absolute Gasteiger partial charge is 0.476 e. The highest BCUT2D eigenvalue weighted by molar-refractivity contribution is 6.02. The van der Waals surface area contributed by atoms with Crippen molar-refractivity contribution in [3.05, 3.63) is 30.0 Å². The minimum atomic E-state index is -1.03. The van der Waals surface area contributed by atoms with Gasteiger partial charge in [-0.3, -0.25) is 0 Å². The van der Waals surface area contributed by atoms with Crippen LogP contribution in [0, 0.1) is 5.92 Å². The first-order valence-electron chi connectivity index (χ1n) is 7.36. The summed E-state index contributed by atoms with van der Waals surface area (Å²) in [6, 6.07) is 7.57. The lowest BCUT2D eigenvalue weighted by molar-refractivity contribution is 0.0690. The molecule has 1 aromatic heterocycles. The van der Waals surface area contributed by atoms with Crippen molar-refractivity contribution in [3.8, 4) is 0 Å². The number of carbonyl (C=O) groups is 1. The van der Waals surface area contributed by atoms with Crippen molar-refractivity contribution in [2.45, 2.75) is 25.7 Å². The Balaban J connectivity index is 2.04. The Hall–Kier alpha value is -2.17. The van der Waals surface area contributed by atoms with Gasteiger partial charge in [0, 0.05) is 19.0 Å². The fourth-order valence-corrected chi connectivity index (χ4v) is 3.24. The van der Waals surface area contributed by atoms with Gasteiger partial charge in [0.1, 0.15) is 0 Å². The molecule has 21 heavy (non-hydrogen) atoms. The summed E-state index contributed by atoms with van der Waals surface area (Å²) in [4.78, 5) is 13.5. The van der Waals surface area contributed by atoms with Gasteiger partial charge < -0.3 is 10.0 Å². The zero-order valence-electron chi connectivity index (χ0n) is 12.1. The van der Waals surface area contributed by atoms with Crippen LogP contribution >= 0.6 is 0 Å². The normalized spacial score (nSPS) is 15.5. The van der Waals surface area contributed by atoms with Crippen LogP contribution < -0.4 is 4.90 Å². The Morgan fingerprint density at radius 3 is 2.71 bits per heavy atom. The Labute approximate surface area is 123 Å². The molecule has 1 aliphatic rings. The zero-order chi connectivity index (χ0) is 14.8. The van der Waals surface area contributed by atoms with Crippen molar-refractivity contribution in [3.63, 3.8) is 0 Å². The highest BCUT2D eigenvalue weighted by Crippen LogP contribution is 2.31. The van der Waals surface area contributed by atoms with E-state index in [9.17, 15) is 9.90 Å². The second kappa shape index (κ2) is 5.68. The highest BCUT2D eigenvalue weighted by atomic mass is 16.4. The monoisotopic (exact) mass is 285 g/mol. The van der Waals surface area contributed by atoms with Crippen molar-refractivity contribution < 1.29 is 9.90 Å². The summed E-state index contributed by atoms with van der Waals surface area (Å²) in [5, 5.41) is 18.2. The third-order valence-electron chi connectivity index (χ3n) is 4.23. The lowest BCUT2D eigenvalue weighted by atomic mass is 10.1. The third kappa shape index (κ3) is 2.68. The molecule has 0 bridgehead atoms. The average Bonchev–Trinajstić information content (AvgIpc) is 2.98. The van der Waals surface area contributed by atoms with E-state index in [0.29, 0.717) is 11.6 Å². The van der Waals surface area contributed by atoms with Gasteiger partial charge in [-0.25, -0.2) is 4.79 Å². The number of aromatic carboxylic acids is 1. The minimum Gasteiger partial charge on any atom is -0.476 e. The predicted molar refractivity (Wildman–Crippen MR) is 81.7 cm³/mol. The van der Waals surface area contributed by atoms with Gasteiger partial charge in [0.15, 0.2) is 5.69 Å². The maximum Gasteiger partial charge on any atom is 0.358 e. The van der Waals surface area contributed by atoms with Crippen LogP contribution in [0.5, 0.6) is 0 Å². The van der Waals surface area contributed by atoms with Crippen LogP contribution in [-0.2, 0) is 0 Å². The first-order valence-corrected chi connectivity index (χ1v) is 7.36. The maximum absolute atomic E-state index is 11.5. The Kier molecular flexibility index (Phi) is 3.73. The number of rotatable bonds is 4. The molecule has 1 fully saturated rings. The molecule has 0 saturated heterocycles. The lowest BCUT2D eigenvalue weighted by Gasteiger charge is -2.25. The molecule has 1 saturated carbocycles. The standard InChI is InChI=1S/C16H19N3O2/c1-19(10-11-6-2-3-7-11)15-12-8-4-5-9-13(12)17-18-14(15)16(20)21/h4-5,8-9,11H,2-3,6-7,10H2,1H3,(H,20,21). The number of nitrogens with zero attached hydrogens (tertiary/aromatic N) is 3. The van der Waals surface area contributed by atoms with Crippen molar-refractivity contribution in [2.75, 3.05) is 18.5 Å². The van der Waals surface area contributed by atoms with Crippen LogP contribution in [0.3, 0.4) is 0 Å². The van der Waals surface area contributed by atoms with Crippen LogP contribution in [-0.4, -0.2) is 34.9 Å². The fourth-order valence-electron chi connectivity index (χ4n) is 3.24. The van der Waals surface area contributed by atoms with E-state index in [1.807, 2.05) is 36.2 Å². The van der Waals surface area contributed by atoms with Crippen molar-refractivity contribution >= 4 is 22.6 Å². The van der Waals surface area contributed by atoms with Gasteiger partial charge in [-0.05, 0) is 24.8 Å². The summed E-state index contributed by atoms with van der Waals surface area (Å²) in [7, 11) is 1.95. The molecule has 0 aliphatic heterocycles. The zero-order valence-corrected chi connectivity index (χ0v) is 12.1. The smallest absolute Gasteiger partial charge is 0.358 e. The minimum absolute atomic E-state index is 0.0363. The molecule has 1 N–H and O–H groups in total. The molecule has 3 rings (SSSR count). The molecule has 0 unspecified atom stereocenters. The number of aromatic nitrogens is 2. The van der Waals surface area contributed by atoms with Gasteiger partial charge in [0.05, 0.1) is 11.2 Å². The third-order valence-corrected chi connectivity index (χ3v) is 4.23. The van der Waals surface area contributed by atoms with Gasteiger partial charge in [-0.2, -0.15) is 0 Å². The number of carboxylic acids is 1. The molecule has 5 nitrogen and oxygen atoms in total. The number of hydrogen-bond donors (Lipinski definition) is 1. The molecular weight excluding hydrogens is 266 g/mol. The van der Waals surface area contributed by atoms with Crippen LogP contribution in [0.2, 0.25) is 0 Å². The predicted octanol–water partition coefficient (Wildman–Crippen LogP) is 2.95. The summed E-state index contributed by atoms with van der Waals surface area (Å²) in [6.07, 6.45) is 5.01. The molecule has 0 radical (unpaired) electrons. The number of benzene rings is 1. The molecule has 0 amide bonds. The Morgan fingerprint density at radius 2 is 2.00 bits per heavy atom. The Bertz CT molecular complexity index is 666. The van der Waals surface area contributed by atoms with E-state index in [2.05, 4.69) is 10.2 Å². The lowest BCUT2D eigenvalue weighted by Crippen LogP contribution is -2.26. The molecule has 5 heteroatoms. The van der Waals surface area contributed by atoms with Crippen molar-refractivity contribution in [1.29, 1.82) is 0 Å². The first kappa shape index (κ1) is 13.8. The number of anilines is 1. The van der Waals surface area contributed by atoms with Crippen LogP contribution in [0.4, 0.5) is 5.69 Å². The van der Waals surface area contributed by atoms with Crippen molar-refractivity contribution in [2.24, 2.45) is 5.92 Å². The summed E-state index contributed by atoms with van der Waals surface area (Å²) in [5.74, 6) is -0.384. The summed E-state index contributed by atoms with van der Waals surface area (Å²) in [6.45, 7) is 0.871. The van der Waals surface area contributed by atoms with E-state index in [1.165, 1.54) is 25.7 Å². The second-order valence-corrected chi connectivity index (χ2v) is 5.75. The topological polar surface area (TPSA) is 66.3 Å². The van der Waals surface area contributed by atoms with Gasteiger partial charge in [-0.15, -0.1) is 10.2 Å². The molecular formula is C16H19N3O2. The van der Waals surface area contributed by atoms with Gasteiger partial charge in [0.2, 0.25) is 0 Å². The van der Waals surface area contributed by atoms with E-state index >= 15 is 0 Å². The van der Waals surface area contributed by atoms with Crippen LogP contribution in [0.15, 0.2) is 24.3 Å². The molecule has 110 valence electrons. The first-order chi connectivity index (χ1) is 10.2. The quantitative estimate of drug-likeness (QED) is 0.935. The second-order valence-electron chi connectivity index (χ2n) is 5.75. The van der Waals surface area contributed by atoms with Crippen LogP contribution in [0.25, 0.3) is 10.9 Å². The average molecular weight is 285 g/mol. The van der Waals surface area contributed by atoms with E-state index < -0.39 is 5.97 Å². The number of fused-ring (bicyclic) bond motifs is 1. The molecule has 0 atom stereocenters. The number of carboxylic acid groups (broad SMARTS) is 1. The molecule has 1 aromatic carbocycles. The summed E-state index contributed by atoms with van der Waals surface area (Å²) >= 11 is 0. The van der Waals surface area contributed by atoms with Crippen molar-refractivity contribution in [1.82, 2.24) is 10.2 Å². The van der Waals surface area contributed by atoms with Crippen LogP contribution in [0.1, 0.15) is 36.2 Å². The van der Waals surface area contributed by atoms with E-state index in [-0.39, 0.29) is 5.69 Å². The molecule has 1 heterocycles. The fraction of sp³-hybridized carbons (Fsp3) is 0.438. The van der Waals surface area contributed by atoms with Gasteiger partial charge in [0.25, 0.3) is 0 Å². The SMILES string of the molecule is CN(CC1CCCC1)c1c(C(=O)O)nnc2ccccc12. The number of hydrogen-bond acceptors (Lipinski definition) is 4. The summed E-state index contributed by atoms with van der Waals surface area (Å²) in [5.41, 5.74) is 1.45. The molecule has 2 aromatic rings. The maximum atomic E-state index is 11.5. The van der Waals surface area contributed by atoms with Gasteiger partial charge >= 0.3 is 5.97 Å². The van der Waals surface area contributed by atoms with Gasteiger partial charge in [-0.1, -0.05) is 31.0 Å². The summed E-state index contributed by atoms with van der Waals surface area (Å²) < 4.78 is 0. The van der Waals surface area contributed by atoms with E-state index in [1.54, 1.807) is 0 Å². The molecule has 0 spiro atoms. The van der Waals surface area contributed by atoms with E-state index in [4.69, 9.17) is 0 Å². The molecule has 1 aliphatic carbocycles. The highest BCUT2D eigenvalue weighted by Gasteiger charge is 2.23.